The Morgan fingerprint density at radius 3 is 2.40 bits per heavy atom. The summed E-state index contributed by atoms with van der Waals surface area (Å²) in [6.45, 7) is 10.5. The van der Waals surface area contributed by atoms with E-state index in [-0.39, 0.29) is 35.5 Å². The number of piperidine rings is 1. The summed E-state index contributed by atoms with van der Waals surface area (Å²) in [5.74, 6) is 1.84. The van der Waals surface area contributed by atoms with Crippen LogP contribution in [0.25, 0.3) is 0 Å². The molecular weight excluding hydrogens is 464 g/mol. The van der Waals surface area contributed by atoms with Crippen molar-refractivity contribution >= 4 is 29.0 Å². The van der Waals surface area contributed by atoms with Crippen LogP contribution >= 0.6 is 11.6 Å². The highest BCUT2D eigenvalue weighted by molar-refractivity contribution is 6.33. The number of hydrogen-bond acceptors (Lipinski definition) is 6. The number of hydrogen-bond donors (Lipinski definition) is 3. The van der Waals surface area contributed by atoms with Crippen LogP contribution in [0.15, 0.2) is 36.5 Å². The number of carbonyl (C=O) groups is 1. The van der Waals surface area contributed by atoms with Crippen LogP contribution in [0, 0.1) is 16.7 Å². The SMILES string of the molecule is CNc1ccc(OC2C(C)(C)C(NC(=O)c3ccc(N4CCC(CO)CC4)nc3)C2(C)C)cc1Cl. The van der Waals surface area contributed by atoms with E-state index >= 15 is 0 Å². The summed E-state index contributed by atoms with van der Waals surface area (Å²) in [5.41, 5.74) is 0.838. The Morgan fingerprint density at radius 1 is 1.17 bits per heavy atom. The average molecular weight is 501 g/mol. The second-order valence-corrected chi connectivity index (χ2v) is 11.4. The van der Waals surface area contributed by atoms with Gasteiger partial charge in [0, 0.05) is 55.9 Å². The first-order valence-electron chi connectivity index (χ1n) is 12.3. The molecule has 4 rings (SSSR count). The van der Waals surface area contributed by atoms with E-state index in [4.69, 9.17) is 16.3 Å². The Labute approximate surface area is 213 Å². The fourth-order valence-corrected chi connectivity index (χ4v) is 6.24. The normalized spacial score (nSPS) is 23.3. The lowest BCUT2D eigenvalue weighted by Crippen LogP contribution is -2.74. The van der Waals surface area contributed by atoms with Crippen LogP contribution in [-0.2, 0) is 0 Å². The number of amides is 1. The van der Waals surface area contributed by atoms with Crippen LogP contribution in [-0.4, -0.2) is 54.9 Å². The molecule has 0 atom stereocenters. The summed E-state index contributed by atoms with van der Waals surface area (Å²) in [5, 5.41) is 16.2. The number of aliphatic hydroxyl groups is 1. The van der Waals surface area contributed by atoms with Gasteiger partial charge in [0.25, 0.3) is 5.91 Å². The number of nitrogens with one attached hydrogen (secondary N) is 2. The molecule has 2 aromatic rings. The van der Waals surface area contributed by atoms with Crippen molar-refractivity contribution in [3.8, 4) is 5.75 Å². The molecule has 1 aromatic carbocycles. The van der Waals surface area contributed by atoms with Gasteiger partial charge >= 0.3 is 0 Å². The molecule has 1 amide bonds. The highest BCUT2D eigenvalue weighted by Gasteiger charge is 2.64. The summed E-state index contributed by atoms with van der Waals surface area (Å²) < 4.78 is 6.38. The number of aromatic nitrogens is 1. The number of halogens is 1. The number of anilines is 2. The van der Waals surface area contributed by atoms with Gasteiger partial charge in [0.2, 0.25) is 0 Å². The Hall–Kier alpha value is -2.51. The maximum atomic E-state index is 13.1. The van der Waals surface area contributed by atoms with Crippen molar-refractivity contribution in [1.82, 2.24) is 10.3 Å². The van der Waals surface area contributed by atoms with Gasteiger partial charge < -0.3 is 25.4 Å². The zero-order valence-electron chi connectivity index (χ0n) is 21.3. The fraction of sp³-hybridized carbons (Fsp3) is 0.556. The quantitative estimate of drug-likeness (QED) is 0.515. The van der Waals surface area contributed by atoms with Gasteiger partial charge in [-0.15, -0.1) is 0 Å². The molecule has 2 aliphatic rings. The molecule has 0 bridgehead atoms. The molecule has 1 aliphatic heterocycles. The minimum atomic E-state index is -0.280. The minimum Gasteiger partial charge on any atom is -0.489 e. The highest BCUT2D eigenvalue weighted by atomic mass is 35.5. The monoisotopic (exact) mass is 500 g/mol. The van der Waals surface area contributed by atoms with Crippen LogP contribution in [0.2, 0.25) is 5.02 Å². The molecule has 0 unspecified atom stereocenters. The van der Waals surface area contributed by atoms with Crippen molar-refractivity contribution in [3.05, 3.63) is 47.1 Å². The van der Waals surface area contributed by atoms with Crippen LogP contribution in [0.1, 0.15) is 50.9 Å². The third-order valence-corrected chi connectivity index (χ3v) is 8.10. The number of aliphatic hydroxyl groups excluding tert-OH is 1. The van der Waals surface area contributed by atoms with Crippen molar-refractivity contribution in [3.63, 3.8) is 0 Å². The number of ether oxygens (including phenoxy) is 1. The molecule has 190 valence electrons. The molecule has 0 radical (unpaired) electrons. The standard InChI is InChI=1S/C27H37ClN4O3/c1-26(2)24(27(3,4)25(26)35-19-7-8-21(29-5)20(28)14-19)31-23(34)18-6-9-22(30-15-18)32-12-10-17(16-33)11-13-32/h6-9,14-15,17,24-25,29,33H,10-13,16H2,1-5H3,(H,31,34). The molecule has 1 saturated heterocycles. The first-order chi connectivity index (χ1) is 16.6. The summed E-state index contributed by atoms with van der Waals surface area (Å²) in [6.07, 6.45) is 3.47. The van der Waals surface area contributed by atoms with Crippen molar-refractivity contribution < 1.29 is 14.6 Å². The highest BCUT2D eigenvalue weighted by Crippen LogP contribution is 2.55. The lowest BCUT2D eigenvalue weighted by molar-refractivity contribution is -0.164. The van der Waals surface area contributed by atoms with E-state index in [0.717, 1.165) is 37.4 Å². The predicted molar refractivity (Wildman–Crippen MR) is 140 cm³/mol. The third kappa shape index (κ3) is 4.94. The molecule has 35 heavy (non-hydrogen) atoms. The van der Waals surface area contributed by atoms with Crippen LogP contribution in [0.4, 0.5) is 11.5 Å². The third-order valence-electron chi connectivity index (χ3n) is 7.79. The Morgan fingerprint density at radius 2 is 1.86 bits per heavy atom. The molecule has 2 heterocycles. The van der Waals surface area contributed by atoms with Crippen LogP contribution in [0.3, 0.4) is 0 Å². The van der Waals surface area contributed by atoms with Crippen molar-refractivity contribution in [2.45, 2.75) is 52.7 Å². The summed E-state index contributed by atoms with van der Waals surface area (Å²) in [6, 6.07) is 9.32. The maximum absolute atomic E-state index is 13.1. The van der Waals surface area contributed by atoms with E-state index < -0.39 is 0 Å². The van der Waals surface area contributed by atoms with Gasteiger partial charge in [-0.25, -0.2) is 4.98 Å². The fourth-order valence-electron chi connectivity index (χ4n) is 5.97. The van der Waals surface area contributed by atoms with Gasteiger partial charge in [-0.2, -0.15) is 0 Å². The lowest BCUT2D eigenvalue weighted by Gasteiger charge is -2.63. The number of nitrogens with zero attached hydrogens (tertiary/aromatic N) is 2. The first-order valence-corrected chi connectivity index (χ1v) is 12.7. The number of carbonyl (C=O) groups excluding carboxylic acids is 1. The van der Waals surface area contributed by atoms with E-state index in [1.165, 1.54) is 0 Å². The van der Waals surface area contributed by atoms with Crippen molar-refractivity contribution in [1.29, 1.82) is 0 Å². The predicted octanol–water partition coefficient (Wildman–Crippen LogP) is 4.60. The molecule has 0 spiro atoms. The first kappa shape index (κ1) is 25.6. The van der Waals surface area contributed by atoms with Gasteiger partial charge in [0.1, 0.15) is 17.7 Å². The summed E-state index contributed by atoms with van der Waals surface area (Å²) in [4.78, 5) is 19.9. The number of rotatable bonds is 7. The zero-order valence-corrected chi connectivity index (χ0v) is 22.0. The Kier molecular flexibility index (Phi) is 7.21. The average Bonchev–Trinajstić information content (AvgIpc) is 2.85. The molecule has 2 fully saturated rings. The van der Waals surface area contributed by atoms with E-state index in [1.807, 2.05) is 37.4 Å². The summed E-state index contributed by atoms with van der Waals surface area (Å²) in [7, 11) is 1.83. The Bertz CT molecular complexity index is 1030. The molecule has 1 aromatic heterocycles. The lowest BCUT2D eigenvalue weighted by atomic mass is 9.49. The second-order valence-electron chi connectivity index (χ2n) is 11.0. The maximum Gasteiger partial charge on any atom is 0.253 e. The molecule has 3 N–H and O–H groups in total. The topological polar surface area (TPSA) is 86.7 Å². The zero-order chi connectivity index (χ0) is 25.4. The summed E-state index contributed by atoms with van der Waals surface area (Å²) >= 11 is 6.34. The van der Waals surface area contributed by atoms with Gasteiger partial charge in [0.15, 0.2) is 0 Å². The minimum absolute atomic E-state index is 0.0725. The van der Waals surface area contributed by atoms with Gasteiger partial charge in [-0.1, -0.05) is 39.3 Å². The van der Waals surface area contributed by atoms with Gasteiger partial charge in [-0.3, -0.25) is 4.79 Å². The van der Waals surface area contributed by atoms with E-state index in [9.17, 15) is 9.90 Å². The van der Waals surface area contributed by atoms with Crippen LogP contribution < -0.4 is 20.3 Å². The van der Waals surface area contributed by atoms with E-state index in [1.54, 1.807) is 6.20 Å². The molecule has 7 nitrogen and oxygen atoms in total. The molecular formula is C27H37ClN4O3. The number of pyridine rings is 1. The number of benzene rings is 1. The molecule has 1 saturated carbocycles. The Balaban J connectivity index is 1.40. The van der Waals surface area contributed by atoms with Crippen LogP contribution in [0.5, 0.6) is 5.75 Å². The van der Waals surface area contributed by atoms with E-state index in [2.05, 4.69) is 48.2 Å². The van der Waals surface area contributed by atoms with Crippen molar-refractivity contribution in [2.75, 3.05) is 37.0 Å². The smallest absolute Gasteiger partial charge is 0.253 e. The molecule has 8 heteroatoms. The molecule has 1 aliphatic carbocycles. The van der Waals surface area contributed by atoms with Gasteiger partial charge in [-0.05, 0) is 43.0 Å². The van der Waals surface area contributed by atoms with Gasteiger partial charge in [0.05, 0.1) is 16.3 Å². The van der Waals surface area contributed by atoms with E-state index in [0.29, 0.717) is 22.3 Å². The second kappa shape index (κ2) is 9.86. The largest absolute Gasteiger partial charge is 0.489 e. The van der Waals surface area contributed by atoms with Crippen molar-refractivity contribution in [2.24, 2.45) is 16.7 Å².